The second kappa shape index (κ2) is 8.47. The first kappa shape index (κ1) is 23.6. The van der Waals surface area contributed by atoms with Crippen molar-refractivity contribution in [2.75, 3.05) is 9.80 Å². The van der Waals surface area contributed by atoms with Crippen molar-refractivity contribution in [2.45, 2.75) is 19.3 Å². The van der Waals surface area contributed by atoms with E-state index >= 15 is 0 Å². The van der Waals surface area contributed by atoms with Gasteiger partial charge in [0.15, 0.2) is 0 Å². The van der Waals surface area contributed by atoms with Crippen LogP contribution in [0.15, 0.2) is 134 Å². The van der Waals surface area contributed by atoms with E-state index in [0.29, 0.717) is 0 Å². The molecular weight excluding hydrogens is 509 g/mol. The van der Waals surface area contributed by atoms with E-state index in [1.165, 1.54) is 56.0 Å². The van der Waals surface area contributed by atoms with Gasteiger partial charge in [-0.1, -0.05) is 92.7 Å². The average Bonchev–Trinajstić information content (AvgIpc) is 3.04. The Morgan fingerprint density at radius 2 is 1.24 bits per heavy atom. The first-order valence-corrected chi connectivity index (χ1v) is 14.7. The molecule has 0 radical (unpaired) electrons. The van der Waals surface area contributed by atoms with E-state index in [0.717, 1.165) is 16.9 Å². The minimum Gasteiger partial charge on any atom is -0.311 e. The van der Waals surface area contributed by atoms with Crippen molar-refractivity contribution >= 4 is 57.2 Å². The Kier molecular flexibility index (Phi) is 4.76. The highest BCUT2D eigenvalue weighted by molar-refractivity contribution is 7.00. The minimum absolute atomic E-state index is 0.121. The molecule has 3 nitrogen and oxygen atoms in total. The van der Waals surface area contributed by atoms with Crippen LogP contribution in [-0.2, 0) is 5.41 Å². The van der Waals surface area contributed by atoms with Crippen LogP contribution < -0.4 is 26.2 Å². The normalized spacial score (nSPS) is 15.0. The van der Waals surface area contributed by atoms with Crippen molar-refractivity contribution in [1.29, 1.82) is 0 Å². The summed E-state index contributed by atoms with van der Waals surface area (Å²) in [6.45, 7) is 4.86. The largest absolute Gasteiger partial charge is 0.311 e. The molecule has 0 spiro atoms. The third-order valence-corrected chi connectivity index (χ3v) is 9.46. The van der Waals surface area contributed by atoms with Crippen LogP contribution in [0.1, 0.15) is 25.0 Å². The highest BCUT2D eigenvalue weighted by Crippen LogP contribution is 2.54. The van der Waals surface area contributed by atoms with Crippen molar-refractivity contribution in [1.82, 2.24) is 4.98 Å². The average molecular weight is 537 g/mol. The van der Waals surface area contributed by atoms with Gasteiger partial charge in [0.1, 0.15) is 0 Å². The van der Waals surface area contributed by atoms with Crippen molar-refractivity contribution in [3.63, 3.8) is 0 Å². The third kappa shape index (κ3) is 3.04. The fourth-order valence-corrected chi connectivity index (χ4v) is 7.63. The van der Waals surface area contributed by atoms with E-state index in [9.17, 15) is 0 Å². The summed E-state index contributed by atoms with van der Waals surface area (Å²) in [6, 6.07) is 46.5. The molecule has 0 atom stereocenters. The van der Waals surface area contributed by atoms with Crippen molar-refractivity contribution in [3.05, 3.63) is 145 Å². The van der Waals surface area contributed by atoms with Gasteiger partial charge in [-0.15, -0.1) is 0 Å². The van der Waals surface area contributed by atoms with Gasteiger partial charge in [0.2, 0.25) is 0 Å². The molecule has 198 valence electrons. The number of nitrogens with zero attached hydrogens (tertiary/aromatic N) is 3. The second-order valence-electron chi connectivity index (χ2n) is 12.0. The van der Waals surface area contributed by atoms with Gasteiger partial charge < -0.3 is 9.80 Å². The maximum Gasteiger partial charge on any atom is 0.252 e. The molecule has 1 aromatic heterocycles. The van der Waals surface area contributed by atoms with Gasteiger partial charge in [-0.3, -0.25) is 4.98 Å². The summed E-state index contributed by atoms with van der Waals surface area (Å²) in [6.07, 6.45) is 1.89. The molecule has 5 aromatic carbocycles. The van der Waals surface area contributed by atoms with Gasteiger partial charge in [0.05, 0.1) is 11.4 Å². The standard InChI is InChI=1S/C38H28BN3/c1-38(2)27-15-6-8-20-32(27)42-35-24-25(31-19-10-11-22-40-31)23-34-36(35)39(30-18-12-16-28(38)37(30)42)29-17-7-9-21-33(29)41(34)26-13-4-3-5-14-26/h3-24H,1-2H3. The van der Waals surface area contributed by atoms with E-state index in [1.807, 2.05) is 12.3 Å². The molecule has 4 heterocycles. The zero-order chi connectivity index (χ0) is 28.0. The lowest BCUT2D eigenvalue weighted by molar-refractivity contribution is 0.632. The van der Waals surface area contributed by atoms with Gasteiger partial charge in [-0.05, 0) is 76.0 Å². The van der Waals surface area contributed by atoms with Crippen LogP contribution in [0.25, 0.3) is 11.3 Å². The van der Waals surface area contributed by atoms with Crippen LogP contribution in [0.2, 0.25) is 0 Å². The highest BCUT2D eigenvalue weighted by Gasteiger charge is 2.48. The molecule has 4 heteroatoms. The number of rotatable bonds is 2. The molecule has 0 fully saturated rings. The van der Waals surface area contributed by atoms with Crippen molar-refractivity contribution in [3.8, 4) is 11.3 Å². The summed E-state index contributed by atoms with van der Waals surface area (Å²) in [5.74, 6) is 0. The first-order valence-electron chi connectivity index (χ1n) is 14.7. The third-order valence-electron chi connectivity index (χ3n) is 9.46. The Morgan fingerprint density at radius 1 is 0.571 bits per heavy atom. The van der Waals surface area contributed by atoms with Crippen LogP contribution in [0.3, 0.4) is 0 Å². The summed E-state index contributed by atoms with van der Waals surface area (Å²) in [7, 11) is 0. The number of hydrogen-bond acceptors (Lipinski definition) is 3. The van der Waals surface area contributed by atoms with E-state index in [2.05, 4.69) is 145 Å². The fourth-order valence-electron chi connectivity index (χ4n) is 7.63. The number of benzene rings is 5. The maximum absolute atomic E-state index is 4.81. The molecule has 0 unspecified atom stereocenters. The van der Waals surface area contributed by atoms with Gasteiger partial charge in [0.25, 0.3) is 6.71 Å². The number of pyridine rings is 1. The van der Waals surface area contributed by atoms with Gasteiger partial charge in [-0.2, -0.15) is 0 Å². The maximum atomic E-state index is 4.81. The van der Waals surface area contributed by atoms with Crippen molar-refractivity contribution in [2.24, 2.45) is 0 Å². The Bertz CT molecular complexity index is 2030. The van der Waals surface area contributed by atoms with Gasteiger partial charge in [-0.25, -0.2) is 0 Å². The molecule has 42 heavy (non-hydrogen) atoms. The Morgan fingerprint density at radius 3 is 2.05 bits per heavy atom. The van der Waals surface area contributed by atoms with Crippen LogP contribution in [-0.4, -0.2) is 11.7 Å². The molecule has 6 aromatic rings. The summed E-state index contributed by atoms with van der Waals surface area (Å²) in [5, 5.41) is 0. The van der Waals surface area contributed by atoms with Crippen LogP contribution >= 0.6 is 0 Å². The van der Waals surface area contributed by atoms with Gasteiger partial charge in [0, 0.05) is 45.6 Å². The van der Waals surface area contributed by atoms with E-state index in [4.69, 9.17) is 4.98 Å². The smallest absolute Gasteiger partial charge is 0.252 e. The number of anilines is 6. The number of aromatic nitrogens is 1. The van der Waals surface area contributed by atoms with Crippen LogP contribution in [0, 0.1) is 0 Å². The summed E-state index contributed by atoms with van der Waals surface area (Å²) >= 11 is 0. The van der Waals surface area contributed by atoms with E-state index in [1.54, 1.807) is 0 Å². The Balaban J connectivity index is 1.45. The molecule has 0 N–H and O–H groups in total. The summed E-state index contributed by atoms with van der Waals surface area (Å²) in [4.78, 5) is 9.81. The molecule has 3 aliphatic heterocycles. The van der Waals surface area contributed by atoms with Crippen molar-refractivity contribution < 1.29 is 0 Å². The molecule has 9 rings (SSSR count). The van der Waals surface area contributed by atoms with E-state index in [-0.39, 0.29) is 12.1 Å². The Hall–Kier alpha value is -5.09. The van der Waals surface area contributed by atoms with Crippen LogP contribution in [0.5, 0.6) is 0 Å². The molecular formula is C38H28BN3. The zero-order valence-electron chi connectivity index (χ0n) is 23.6. The lowest BCUT2D eigenvalue weighted by Gasteiger charge is -2.49. The number of hydrogen-bond donors (Lipinski definition) is 0. The fraction of sp³-hybridized carbons (Fsp3) is 0.0789. The topological polar surface area (TPSA) is 19.4 Å². The monoisotopic (exact) mass is 537 g/mol. The molecule has 3 aliphatic rings. The second-order valence-corrected chi connectivity index (χ2v) is 12.0. The Labute approximate surface area is 246 Å². The summed E-state index contributed by atoms with van der Waals surface area (Å²) in [5.41, 5.74) is 16.2. The number of para-hydroxylation sites is 4. The first-order chi connectivity index (χ1) is 20.6. The molecule has 0 amide bonds. The quantitative estimate of drug-likeness (QED) is 0.213. The summed E-state index contributed by atoms with van der Waals surface area (Å²) < 4.78 is 0. The predicted octanol–water partition coefficient (Wildman–Crippen LogP) is 7.47. The SMILES string of the molecule is CC1(C)c2ccccc2N2c3cc(-c4ccccn4)cc4c3B(c3ccccc3N4c3ccccc3)c3cccc1c32. The predicted molar refractivity (Wildman–Crippen MR) is 176 cm³/mol. The molecule has 0 saturated carbocycles. The van der Waals surface area contributed by atoms with Crippen LogP contribution in [0.4, 0.5) is 34.1 Å². The van der Waals surface area contributed by atoms with E-state index < -0.39 is 0 Å². The molecule has 0 bridgehead atoms. The zero-order valence-corrected chi connectivity index (χ0v) is 23.6. The lowest BCUT2D eigenvalue weighted by atomic mass is 9.33. The highest BCUT2D eigenvalue weighted by atomic mass is 15.2. The molecule has 0 saturated heterocycles. The lowest BCUT2D eigenvalue weighted by Crippen LogP contribution is -2.62. The minimum atomic E-state index is -0.123. The van der Waals surface area contributed by atoms with Gasteiger partial charge >= 0.3 is 0 Å². The molecule has 0 aliphatic carbocycles. The number of fused-ring (bicyclic) bond motifs is 6.